The van der Waals surface area contributed by atoms with Crippen molar-refractivity contribution in [3.63, 3.8) is 0 Å². The fraction of sp³-hybridized carbons (Fsp3) is 0.600. The number of hydrogen-bond acceptors (Lipinski definition) is 1. The zero-order chi connectivity index (χ0) is 17.0. The average Bonchev–Trinajstić information content (AvgIpc) is 2.47. The van der Waals surface area contributed by atoms with Gasteiger partial charge < -0.3 is 0 Å². The lowest BCUT2D eigenvalue weighted by Crippen LogP contribution is -2.43. The fourth-order valence-corrected chi connectivity index (χ4v) is 3.55. The summed E-state index contributed by atoms with van der Waals surface area (Å²) >= 11 is 6.02. The highest BCUT2D eigenvalue weighted by Gasteiger charge is 2.30. The highest BCUT2D eigenvalue weighted by Crippen LogP contribution is 2.32. The molecule has 1 fully saturated rings. The molecule has 1 aromatic carbocycles. The monoisotopic (exact) mass is 337 g/mol. The molecule has 1 atom stereocenters. The van der Waals surface area contributed by atoms with E-state index in [-0.39, 0.29) is 5.41 Å². The molecule has 0 N–H and O–H groups in total. The van der Waals surface area contributed by atoms with Crippen LogP contribution in [0.4, 0.5) is 4.39 Å². The second-order valence-corrected chi connectivity index (χ2v) is 8.05. The molecule has 0 spiro atoms. The van der Waals surface area contributed by atoms with Gasteiger partial charge in [-0.15, -0.1) is 0 Å². The van der Waals surface area contributed by atoms with Crippen LogP contribution < -0.4 is 0 Å². The van der Waals surface area contributed by atoms with Crippen LogP contribution in [0.2, 0.25) is 5.02 Å². The first-order valence-electron chi connectivity index (χ1n) is 8.57. The molecular weight excluding hydrogens is 309 g/mol. The molecule has 1 nitrogen and oxygen atoms in total. The summed E-state index contributed by atoms with van der Waals surface area (Å²) in [6, 6.07) is 8.52. The maximum Gasteiger partial charge on any atom is 0.103 e. The zero-order valence-electron chi connectivity index (χ0n) is 14.8. The smallest absolute Gasteiger partial charge is 0.103 e. The first-order valence-corrected chi connectivity index (χ1v) is 8.95. The van der Waals surface area contributed by atoms with Gasteiger partial charge in [-0.05, 0) is 56.2 Å². The Morgan fingerprint density at radius 1 is 1.26 bits per heavy atom. The average molecular weight is 338 g/mol. The number of likely N-dealkylation sites (tertiary alicyclic amines) is 1. The summed E-state index contributed by atoms with van der Waals surface area (Å²) < 4.78 is 13.5. The van der Waals surface area contributed by atoms with Gasteiger partial charge in [0.1, 0.15) is 6.17 Å². The fourth-order valence-electron chi connectivity index (χ4n) is 3.42. The standard InChI is InChI=1S/C20H29ClFN/c1-15(2)13-19(23-11-9-18(22)10-12-23)14-20(3,4)16-5-7-17(21)8-6-16/h5-8,13,18-19H,9-12,14H2,1-4H3. The molecule has 0 amide bonds. The largest absolute Gasteiger partial charge is 0.297 e. The van der Waals surface area contributed by atoms with Gasteiger partial charge in [0.05, 0.1) is 0 Å². The molecule has 128 valence electrons. The molecule has 1 saturated heterocycles. The van der Waals surface area contributed by atoms with Gasteiger partial charge in [-0.3, -0.25) is 4.90 Å². The lowest BCUT2D eigenvalue weighted by atomic mass is 9.78. The number of hydrogen-bond donors (Lipinski definition) is 0. The van der Waals surface area contributed by atoms with Gasteiger partial charge in [-0.25, -0.2) is 4.39 Å². The molecule has 0 bridgehead atoms. The molecule has 3 heteroatoms. The van der Waals surface area contributed by atoms with Crippen LogP contribution in [0.5, 0.6) is 0 Å². The van der Waals surface area contributed by atoms with Gasteiger partial charge in [-0.2, -0.15) is 0 Å². The van der Waals surface area contributed by atoms with Crippen molar-refractivity contribution in [1.82, 2.24) is 4.90 Å². The second-order valence-electron chi connectivity index (χ2n) is 7.62. The molecule has 1 unspecified atom stereocenters. The number of rotatable bonds is 5. The van der Waals surface area contributed by atoms with E-state index in [4.69, 9.17) is 11.6 Å². The molecule has 1 heterocycles. The second kappa shape index (κ2) is 7.81. The van der Waals surface area contributed by atoms with Gasteiger partial charge >= 0.3 is 0 Å². The summed E-state index contributed by atoms with van der Waals surface area (Å²) in [4.78, 5) is 2.45. The van der Waals surface area contributed by atoms with E-state index < -0.39 is 6.17 Å². The Labute approximate surface area is 145 Å². The molecule has 0 saturated carbocycles. The van der Waals surface area contributed by atoms with Crippen molar-refractivity contribution in [1.29, 1.82) is 0 Å². The van der Waals surface area contributed by atoms with Gasteiger partial charge in [0.2, 0.25) is 0 Å². The SMILES string of the molecule is CC(C)=CC(CC(C)(C)c1ccc(Cl)cc1)N1CCC(F)CC1. The lowest BCUT2D eigenvalue weighted by molar-refractivity contribution is 0.115. The summed E-state index contributed by atoms with van der Waals surface area (Å²) in [5, 5.41) is 0.774. The third kappa shape index (κ3) is 5.32. The van der Waals surface area contributed by atoms with Crippen LogP contribution in [0.15, 0.2) is 35.9 Å². The van der Waals surface area contributed by atoms with E-state index in [1.54, 1.807) is 0 Å². The zero-order valence-corrected chi connectivity index (χ0v) is 15.5. The molecule has 0 radical (unpaired) electrons. The highest BCUT2D eigenvalue weighted by atomic mass is 35.5. The van der Waals surface area contributed by atoms with E-state index >= 15 is 0 Å². The van der Waals surface area contributed by atoms with Crippen LogP contribution in [0, 0.1) is 0 Å². The molecule has 2 rings (SSSR count). The number of alkyl halides is 1. The van der Waals surface area contributed by atoms with E-state index in [2.05, 4.69) is 50.8 Å². The molecule has 23 heavy (non-hydrogen) atoms. The number of piperidine rings is 1. The van der Waals surface area contributed by atoms with E-state index in [1.165, 1.54) is 11.1 Å². The van der Waals surface area contributed by atoms with Crippen LogP contribution in [0.1, 0.15) is 52.5 Å². The first-order chi connectivity index (χ1) is 10.8. The lowest BCUT2D eigenvalue weighted by Gasteiger charge is -2.39. The summed E-state index contributed by atoms with van der Waals surface area (Å²) in [6.07, 6.45) is 4.07. The van der Waals surface area contributed by atoms with Crippen molar-refractivity contribution in [2.24, 2.45) is 0 Å². The Bertz CT molecular complexity index is 523. The molecular formula is C20H29ClFN. The van der Waals surface area contributed by atoms with Crippen LogP contribution in [0.3, 0.4) is 0 Å². The van der Waals surface area contributed by atoms with Crippen molar-refractivity contribution in [3.05, 3.63) is 46.5 Å². The summed E-state index contributed by atoms with van der Waals surface area (Å²) in [7, 11) is 0. The van der Waals surface area contributed by atoms with Gasteiger partial charge in [0, 0.05) is 24.2 Å². The summed E-state index contributed by atoms with van der Waals surface area (Å²) in [5.74, 6) is 0. The summed E-state index contributed by atoms with van der Waals surface area (Å²) in [5.41, 5.74) is 2.67. The van der Waals surface area contributed by atoms with Crippen molar-refractivity contribution >= 4 is 11.6 Å². The third-order valence-electron chi connectivity index (χ3n) is 4.80. The van der Waals surface area contributed by atoms with Crippen molar-refractivity contribution < 1.29 is 4.39 Å². The molecule has 1 aliphatic rings. The van der Waals surface area contributed by atoms with Crippen molar-refractivity contribution in [2.45, 2.75) is 64.6 Å². The normalized spacial score (nSPS) is 18.7. The maximum atomic E-state index is 13.5. The topological polar surface area (TPSA) is 3.24 Å². The van der Waals surface area contributed by atoms with E-state index in [0.29, 0.717) is 18.9 Å². The summed E-state index contributed by atoms with van der Waals surface area (Å²) in [6.45, 7) is 10.6. The Hall–Kier alpha value is -0.860. The third-order valence-corrected chi connectivity index (χ3v) is 5.05. The van der Waals surface area contributed by atoms with E-state index in [1.807, 2.05) is 12.1 Å². The van der Waals surface area contributed by atoms with Crippen molar-refractivity contribution in [3.8, 4) is 0 Å². The molecule has 1 aromatic rings. The molecule has 0 aliphatic carbocycles. The Morgan fingerprint density at radius 2 is 1.83 bits per heavy atom. The Balaban J connectivity index is 2.16. The highest BCUT2D eigenvalue weighted by molar-refractivity contribution is 6.30. The van der Waals surface area contributed by atoms with Gasteiger partial charge in [-0.1, -0.05) is 49.2 Å². The quantitative estimate of drug-likeness (QED) is 0.616. The van der Waals surface area contributed by atoms with Crippen LogP contribution in [-0.2, 0) is 5.41 Å². The first kappa shape index (κ1) is 18.5. The molecule has 0 aromatic heterocycles. The Kier molecular flexibility index (Phi) is 6.27. The predicted molar refractivity (Wildman–Crippen MR) is 98.0 cm³/mol. The minimum Gasteiger partial charge on any atom is -0.297 e. The number of nitrogens with zero attached hydrogens (tertiary/aromatic N) is 1. The maximum absolute atomic E-state index is 13.5. The Morgan fingerprint density at radius 3 is 2.35 bits per heavy atom. The van der Waals surface area contributed by atoms with Crippen LogP contribution in [0.25, 0.3) is 0 Å². The number of benzene rings is 1. The minimum absolute atomic E-state index is 0.0494. The molecule has 1 aliphatic heterocycles. The predicted octanol–water partition coefficient (Wildman–Crippen LogP) is 5.78. The van der Waals surface area contributed by atoms with Crippen LogP contribution in [-0.4, -0.2) is 30.2 Å². The minimum atomic E-state index is -0.622. The van der Waals surface area contributed by atoms with Crippen LogP contribution >= 0.6 is 11.6 Å². The van der Waals surface area contributed by atoms with E-state index in [9.17, 15) is 4.39 Å². The van der Waals surface area contributed by atoms with Crippen molar-refractivity contribution in [2.75, 3.05) is 13.1 Å². The van der Waals surface area contributed by atoms with E-state index in [0.717, 1.165) is 24.5 Å². The van der Waals surface area contributed by atoms with Gasteiger partial charge in [0.25, 0.3) is 0 Å². The number of halogens is 2. The number of allylic oxidation sites excluding steroid dienone is 1. The van der Waals surface area contributed by atoms with Gasteiger partial charge in [0.15, 0.2) is 0 Å².